The van der Waals surface area contributed by atoms with Gasteiger partial charge in [0.05, 0.1) is 42.1 Å². The number of phenolic OH excluding ortho intramolecular Hbond substituents is 1. The quantitative estimate of drug-likeness (QED) is 0.0244. The molecule has 0 bridgehead atoms. The van der Waals surface area contributed by atoms with Crippen LogP contribution >= 0.6 is 23.2 Å². The summed E-state index contributed by atoms with van der Waals surface area (Å²) in [6.07, 6.45) is 11.3. The molecule has 4 rings (SSSR count). The molecule has 3 amide bonds. The van der Waals surface area contributed by atoms with Crippen LogP contribution < -0.4 is 25.0 Å². The Bertz CT molecular complexity index is 2000. The van der Waals surface area contributed by atoms with E-state index in [4.69, 9.17) is 37.4 Å². The van der Waals surface area contributed by atoms with E-state index in [2.05, 4.69) is 17.6 Å². The van der Waals surface area contributed by atoms with Crippen molar-refractivity contribution in [3.63, 3.8) is 0 Å². The van der Waals surface area contributed by atoms with E-state index in [-0.39, 0.29) is 50.6 Å². The van der Waals surface area contributed by atoms with Crippen LogP contribution in [-0.2, 0) is 19.1 Å². The fourth-order valence-corrected chi connectivity index (χ4v) is 6.60. The fourth-order valence-electron chi connectivity index (χ4n) is 6.13. The molecule has 58 heavy (non-hydrogen) atoms. The molecular formula is C44H49Cl2N3O9. The summed E-state index contributed by atoms with van der Waals surface area (Å²) < 4.78 is 16.2. The lowest BCUT2D eigenvalue weighted by atomic mass is 10.00. The standard InChI is InChI=1S/C44H49Cl2N3O9/c1-4-5-6-7-8-9-10-11-12-16-25-58-44(55)30-21-24-37(57-3)36(26-30)48-41(52)38(39(50)29-19-22-33(56-2)23-20-29)49(32-27-34(45)40(51)35(46)28-32)43(54)42(53)47-31-17-14-13-15-18-31/h13-15,17-24,26-28,38,51H,4-12,16,25H2,1-3H3,(H,47,53)(H,48,52). The Morgan fingerprint density at radius 2 is 1.29 bits per heavy atom. The molecule has 0 spiro atoms. The molecule has 14 heteroatoms. The van der Waals surface area contributed by atoms with Gasteiger partial charge in [-0.2, -0.15) is 0 Å². The number of hydrogen-bond donors (Lipinski definition) is 3. The monoisotopic (exact) mass is 833 g/mol. The first-order valence-corrected chi connectivity index (χ1v) is 20.0. The van der Waals surface area contributed by atoms with Gasteiger partial charge in [-0.25, -0.2) is 4.79 Å². The molecule has 4 aromatic rings. The van der Waals surface area contributed by atoms with Gasteiger partial charge in [-0.1, -0.05) is 106 Å². The van der Waals surface area contributed by atoms with E-state index in [1.54, 1.807) is 18.2 Å². The molecule has 12 nitrogen and oxygen atoms in total. The summed E-state index contributed by atoms with van der Waals surface area (Å²) in [7, 11) is 2.78. The molecular weight excluding hydrogens is 785 g/mol. The number of ether oxygens (including phenoxy) is 3. The number of aromatic hydroxyl groups is 1. The number of nitrogens with zero attached hydrogens (tertiary/aromatic N) is 1. The number of carbonyl (C=O) groups excluding carboxylic acids is 5. The predicted molar refractivity (Wildman–Crippen MR) is 226 cm³/mol. The highest BCUT2D eigenvalue weighted by Gasteiger charge is 2.41. The fraction of sp³-hybridized carbons (Fsp3) is 0.341. The summed E-state index contributed by atoms with van der Waals surface area (Å²) in [6.45, 7) is 2.41. The molecule has 0 saturated heterocycles. The smallest absolute Gasteiger partial charge is 0.338 e. The number of anilines is 3. The number of phenols is 1. The SMILES string of the molecule is CCCCCCCCCCCCOC(=O)c1ccc(OC)c(NC(=O)C(C(=O)c2ccc(OC)cc2)N(C(=O)C(=O)Nc2ccccc2)c2cc(Cl)c(O)c(Cl)c2)c1. The Kier molecular flexibility index (Phi) is 17.9. The molecule has 4 aromatic carbocycles. The number of nitrogens with one attached hydrogen (secondary N) is 2. The molecule has 0 radical (unpaired) electrons. The molecule has 0 heterocycles. The number of methoxy groups -OCH3 is 2. The van der Waals surface area contributed by atoms with Crippen molar-refractivity contribution < 1.29 is 43.3 Å². The molecule has 0 aliphatic rings. The van der Waals surface area contributed by atoms with Crippen molar-refractivity contribution in [2.75, 3.05) is 36.4 Å². The second-order valence-electron chi connectivity index (χ2n) is 13.5. The number of para-hydroxylation sites is 1. The number of hydrogen-bond acceptors (Lipinski definition) is 9. The molecule has 0 saturated carbocycles. The van der Waals surface area contributed by atoms with Gasteiger partial charge >= 0.3 is 17.8 Å². The van der Waals surface area contributed by atoms with Crippen molar-refractivity contribution in [2.45, 2.75) is 77.2 Å². The number of esters is 1. The number of Topliss-reactive ketones (excluding diaryl/α,β-unsaturated/α-hetero) is 1. The third-order valence-corrected chi connectivity index (χ3v) is 9.85. The Balaban J connectivity index is 1.63. The maximum Gasteiger partial charge on any atom is 0.338 e. The van der Waals surface area contributed by atoms with Gasteiger partial charge in [0, 0.05) is 16.9 Å². The predicted octanol–water partition coefficient (Wildman–Crippen LogP) is 9.66. The zero-order valence-corrected chi connectivity index (χ0v) is 34.4. The van der Waals surface area contributed by atoms with Crippen LogP contribution in [0.3, 0.4) is 0 Å². The lowest BCUT2D eigenvalue weighted by Gasteiger charge is -2.30. The van der Waals surface area contributed by atoms with E-state index in [0.29, 0.717) is 17.1 Å². The van der Waals surface area contributed by atoms with Crippen LogP contribution in [0.1, 0.15) is 91.8 Å². The van der Waals surface area contributed by atoms with Gasteiger partial charge in [0.2, 0.25) is 0 Å². The van der Waals surface area contributed by atoms with Crippen molar-refractivity contribution in [3.05, 3.63) is 106 Å². The summed E-state index contributed by atoms with van der Waals surface area (Å²) in [6, 6.07) is 18.1. The van der Waals surface area contributed by atoms with Gasteiger partial charge in [-0.05, 0) is 73.2 Å². The third-order valence-electron chi connectivity index (χ3n) is 9.28. The molecule has 1 atom stereocenters. The van der Waals surface area contributed by atoms with Crippen molar-refractivity contribution in [3.8, 4) is 17.2 Å². The van der Waals surface area contributed by atoms with E-state index in [1.807, 2.05) is 0 Å². The van der Waals surface area contributed by atoms with Crippen LogP contribution in [0, 0.1) is 0 Å². The van der Waals surface area contributed by atoms with Crippen molar-refractivity contribution in [2.24, 2.45) is 0 Å². The first-order valence-electron chi connectivity index (χ1n) is 19.2. The van der Waals surface area contributed by atoms with Gasteiger partial charge in [0.25, 0.3) is 5.91 Å². The highest BCUT2D eigenvalue weighted by molar-refractivity contribution is 6.47. The van der Waals surface area contributed by atoms with Crippen LogP contribution in [0.2, 0.25) is 10.0 Å². The summed E-state index contributed by atoms with van der Waals surface area (Å²) >= 11 is 12.5. The van der Waals surface area contributed by atoms with Gasteiger partial charge < -0.3 is 30.0 Å². The number of halogens is 2. The number of amides is 3. The second-order valence-corrected chi connectivity index (χ2v) is 14.3. The molecule has 308 valence electrons. The average Bonchev–Trinajstić information content (AvgIpc) is 3.23. The Hall–Kier alpha value is -5.59. The zero-order chi connectivity index (χ0) is 42.0. The largest absolute Gasteiger partial charge is 0.505 e. The first-order chi connectivity index (χ1) is 28.0. The lowest BCUT2D eigenvalue weighted by molar-refractivity contribution is -0.135. The highest BCUT2D eigenvalue weighted by atomic mass is 35.5. The minimum Gasteiger partial charge on any atom is -0.505 e. The highest BCUT2D eigenvalue weighted by Crippen LogP contribution is 2.37. The molecule has 0 aliphatic carbocycles. The lowest BCUT2D eigenvalue weighted by Crippen LogP contribution is -2.55. The van der Waals surface area contributed by atoms with Gasteiger partial charge in [-0.15, -0.1) is 0 Å². The van der Waals surface area contributed by atoms with Crippen LogP contribution in [0.25, 0.3) is 0 Å². The van der Waals surface area contributed by atoms with Crippen LogP contribution in [-0.4, -0.2) is 61.4 Å². The van der Waals surface area contributed by atoms with Crippen LogP contribution in [0.4, 0.5) is 17.1 Å². The number of benzene rings is 4. The Morgan fingerprint density at radius 1 is 0.707 bits per heavy atom. The zero-order valence-electron chi connectivity index (χ0n) is 32.9. The maximum atomic E-state index is 14.6. The van der Waals surface area contributed by atoms with E-state index >= 15 is 0 Å². The van der Waals surface area contributed by atoms with Crippen molar-refractivity contribution in [1.82, 2.24) is 0 Å². The van der Waals surface area contributed by atoms with Crippen LogP contribution in [0.15, 0.2) is 84.9 Å². The van der Waals surface area contributed by atoms with Gasteiger partial charge in [-0.3, -0.25) is 24.1 Å². The number of rotatable bonds is 21. The minimum absolute atomic E-state index is 0.0312. The summed E-state index contributed by atoms with van der Waals surface area (Å²) in [5, 5.41) is 14.8. The third kappa shape index (κ3) is 12.7. The number of ketones is 1. The van der Waals surface area contributed by atoms with E-state index < -0.39 is 41.3 Å². The van der Waals surface area contributed by atoms with E-state index in [9.17, 15) is 29.1 Å². The minimum atomic E-state index is -2.10. The second kappa shape index (κ2) is 23.0. The topological polar surface area (TPSA) is 161 Å². The Labute approximate surface area is 348 Å². The van der Waals surface area contributed by atoms with Crippen molar-refractivity contribution >= 4 is 69.7 Å². The average molecular weight is 835 g/mol. The molecule has 0 aromatic heterocycles. The van der Waals surface area contributed by atoms with Gasteiger partial charge in [0.1, 0.15) is 11.5 Å². The molecule has 0 aliphatic heterocycles. The van der Waals surface area contributed by atoms with Crippen molar-refractivity contribution in [1.29, 1.82) is 0 Å². The number of carbonyl (C=O) groups is 5. The van der Waals surface area contributed by atoms with Gasteiger partial charge in [0.15, 0.2) is 17.6 Å². The Morgan fingerprint density at radius 3 is 1.88 bits per heavy atom. The van der Waals surface area contributed by atoms with Crippen LogP contribution in [0.5, 0.6) is 17.2 Å². The molecule has 0 fully saturated rings. The molecule has 1 unspecified atom stereocenters. The summed E-state index contributed by atoms with van der Waals surface area (Å²) in [5.41, 5.74) is 0.0187. The summed E-state index contributed by atoms with van der Waals surface area (Å²) in [4.78, 5) is 70.6. The first kappa shape index (κ1) is 45.1. The van der Waals surface area contributed by atoms with E-state index in [0.717, 1.165) is 31.4 Å². The normalized spacial score (nSPS) is 11.3. The number of unbranched alkanes of at least 4 members (excludes halogenated alkanes) is 9. The maximum absolute atomic E-state index is 14.6. The summed E-state index contributed by atoms with van der Waals surface area (Å²) in [5.74, 6) is -5.22. The molecule has 3 N–H and O–H groups in total. The van der Waals surface area contributed by atoms with E-state index in [1.165, 1.54) is 107 Å².